The minimum Gasteiger partial charge on any atom is -0.492 e. The number of piperidine rings is 1. The van der Waals surface area contributed by atoms with E-state index in [2.05, 4.69) is 34.3 Å². The SMILES string of the molecule is Cc1oncc1C(=O)N1CCC2(CCCCc3ccccc3OCCN(CC3CC3)C2)CC1. The highest BCUT2D eigenvalue weighted by molar-refractivity contribution is 5.94. The van der Waals surface area contributed by atoms with Gasteiger partial charge in [0.1, 0.15) is 23.7 Å². The number of hydrogen-bond donors (Lipinski definition) is 0. The molecule has 1 saturated heterocycles. The number of carbonyl (C=O) groups excluding carboxylic acids is 1. The van der Waals surface area contributed by atoms with Crippen molar-refractivity contribution in [3.8, 4) is 5.75 Å². The second-order valence-electron chi connectivity index (χ2n) is 10.4. The van der Waals surface area contributed by atoms with Gasteiger partial charge in [0, 0.05) is 32.7 Å². The lowest BCUT2D eigenvalue weighted by Gasteiger charge is -2.45. The van der Waals surface area contributed by atoms with Crippen molar-refractivity contribution in [2.45, 2.75) is 58.3 Å². The standard InChI is InChI=1S/C27H37N3O3/c1-21-24(18-28-33-21)26(31)30-14-12-27(13-15-30)11-5-4-7-23-6-2-3-8-25(23)32-17-16-29(20-27)19-22-9-10-22/h2-3,6,8,18,22H,4-5,7,9-17,19-20H2,1H3. The zero-order chi connectivity index (χ0) is 22.7. The monoisotopic (exact) mass is 451 g/mol. The number of nitrogens with zero attached hydrogens (tertiary/aromatic N) is 3. The number of ether oxygens (including phenoxy) is 1. The number of likely N-dealkylation sites (tertiary alicyclic amines) is 1. The molecule has 5 rings (SSSR count). The molecular formula is C27H37N3O3. The predicted octanol–water partition coefficient (Wildman–Crippen LogP) is 4.72. The smallest absolute Gasteiger partial charge is 0.259 e. The lowest BCUT2D eigenvalue weighted by atomic mass is 9.73. The molecule has 1 aromatic heterocycles. The number of carbonyl (C=O) groups is 1. The fraction of sp³-hybridized carbons (Fsp3) is 0.630. The predicted molar refractivity (Wildman–Crippen MR) is 127 cm³/mol. The van der Waals surface area contributed by atoms with E-state index >= 15 is 0 Å². The van der Waals surface area contributed by atoms with Crippen LogP contribution in [-0.2, 0) is 6.42 Å². The van der Waals surface area contributed by atoms with Gasteiger partial charge in [0.25, 0.3) is 5.91 Å². The van der Waals surface area contributed by atoms with Crippen LogP contribution in [0.2, 0.25) is 0 Å². The van der Waals surface area contributed by atoms with Gasteiger partial charge < -0.3 is 14.2 Å². The Morgan fingerprint density at radius 2 is 1.94 bits per heavy atom. The van der Waals surface area contributed by atoms with Crippen molar-refractivity contribution < 1.29 is 14.1 Å². The van der Waals surface area contributed by atoms with E-state index in [1.807, 2.05) is 11.8 Å². The summed E-state index contributed by atoms with van der Waals surface area (Å²) < 4.78 is 11.4. The molecule has 1 amide bonds. The Morgan fingerprint density at radius 3 is 2.70 bits per heavy atom. The van der Waals surface area contributed by atoms with E-state index in [0.717, 1.165) is 63.7 Å². The van der Waals surface area contributed by atoms with E-state index < -0.39 is 0 Å². The van der Waals surface area contributed by atoms with Crippen molar-refractivity contribution in [1.29, 1.82) is 0 Å². The van der Waals surface area contributed by atoms with Crippen molar-refractivity contribution in [3.05, 3.63) is 47.3 Å². The maximum Gasteiger partial charge on any atom is 0.259 e. The molecule has 6 nitrogen and oxygen atoms in total. The zero-order valence-corrected chi connectivity index (χ0v) is 19.9. The molecule has 1 saturated carbocycles. The summed E-state index contributed by atoms with van der Waals surface area (Å²) in [6.45, 7) is 7.50. The number of hydrogen-bond acceptors (Lipinski definition) is 5. The van der Waals surface area contributed by atoms with Crippen LogP contribution in [0.15, 0.2) is 35.0 Å². The molecule has 0 atom stereocenters. The number of fused-ring (bicyclic) bond motifs is 1. The van der Waals surface area contributed by atoms with Gasteiger partial charge >= 0.3 is 0 Å². The van der Waals surface area contributed by atoms with E-state index in [1.165, 1.54) is 44.2 Å². The van der Waals surface area contributed by atoms with Crippen molar-refractivity contribution in [2.75, 3.05) is 39.3 Å². The van der Waals surface area contributed by atoms with Gasteiger partial charge in [-0.05, 0) is 74.8 Å². The van der Waals surface area contributed by atoms with Crippen LogP contribution >= 0.6 is 0 Å². The Hall–Kier alpha value is -2.34. The van der Waals surface area contributed by atoms with Gasteiger partial charge in [0.2, 0.25) is 0 Å². The molecule has 178 valence electrons. The molecule has 0 bridgehead atoms. The quantitative estimate of drug-likeness (QED) is 0.676. The van der Waals surface area contributed by atoms with Gasteiger partial charge in [-0.1, -0.05) is 29.8 Å². The van der Waals surface area contributed by atoms with Crippen LogP contribution in [0.25, 0.3) is 0 Å². The number of aryl methyl sites for hydroxylation is 2. The first-order valence-corrected chi connectivity index (χ1v) is 12.8. The van der Waals surface area contributed by atoms with Crippen molar-refractivity contribution in [3.63, 3.8) is 0 Å². The maximum atomic E-state index is 13.0. The number of aromatic nitrogens is 1. The van der Waals surface area contributed by atoms with Crippen molar-refractivity contribution in [1.82, 2.24) is 15.0 Å². The van der Waals surface area contributed by atoms with E-state index in [4.69, 9.17) is 9.26 Å². The number of benzene rings is 1. The summed E-state index contributed by atoms with van der Waals surface area (Å²) in [6.07, 6.45) is 11.2. The maximum absolute atomic E-state index is 13.0. The summed E-state index contributed by atoms with van der Waals surface area (Å²) in [5.41, 5.74) is 2.23. The largest absolute Gasteiger partial charge is 0.492 e. The number of rotatable bonds is 3. The van der Waals surface area contributed by atoms with E-state index in [9.17, 15) is 4.79 Å². The first-order chi connectivity index (χ1) is 16.1. The summed E-state index contributed by atoms with van der Waals surface area (Å²) >= 11 is 0. The first kappa shape index (κ1) is 22.5. The molecule has 6 heteroatoms. The molecule has 2 fully saturated rings. The average molecular weight is 452 g/mol. The second-order valence-corrected chi connectivity index (χ2v) is 10.4. The van der Waals surface area contributed by atoms with Gasteiger partial charge in [-0.15, -0.1) is 0 Å². The van der Waals surface area contributed by atoms with Gasteiger partial charge in [-0.2, -0.15) is 0 Å². The highest BCUT2D eigenvalue weighted by Gasteiger charge is 2.38. The summed E-state index contributed by atoms with van der Waals surface area (Å²) in [6, 6.07) is 8.55. The molecule has 2 aliphatic heterocycles. The summed E-state index contributed by atoms with van der Waals surface area (Å²) in [5.74, 6) is 2.61. The Balaban J connectivity index is 1.28. The fourth-order valence-corrected chi connectivity index (χ4v) is 5.67. The van der Waals surface area contributed by atoms with E-state index in [0.29, 0.717) is 11.3 Å². The minimum atomic E-state index is 0.0663. The average Bonchev–Trinajstić information content (AvgIpc) is 3.53. The summed E-state index contributed by atoms with van der Waals surface area (Å²) in [5, 5.41) is 3.80. The van der Waals surface area contributed by atoms with Crippen LogP contribution in [0, 0.1) is 18.3 Å². The van der Waals surface area contributed by atoms with Gasteiger partial charge in [-0.3, -0.25) is 9.69 Å². The van der Waals surface area contributed by atoms with E-state index in [1.54, 1.807) is 6.20 Å². The zero-order valence-electron chi connectivity index (χ0n) is 19.9. The lowest BCUT2D eigenvalue weighted by molar-refractivity contribution is 0.0367. The van der Waals surface area contributed by atoms with Crippen LogP contribution in [0.3, 0.4) is 0 Å². The second kappa shape index (κ2) is 9.88. The van der Waals surface area contributed by atoms with Crippen LogP contribution < -0.4 is 4.74 Å². The normalized spacial score (nSPS) is 22.2. The fourth-order valence-electron chi connectivity index (χ4n) is 5.67. The highest BCUT2D eigenvalue weighted by Crippen LogP contribution is 2.40. The molecule has 1 spiro atoms. The third-order valence-corrected chi connectivity index (χ3v) is 7.91. The van der Waals surface area contributed by atoms with Gasteiger partial charge in [-0.25, -0.2) is 0 Å². The summed E-state index contributed by atoms with van der Waals surface area (Å²) in [4.78, 5) is 17.7. The van der Waals surface area contributed by atoms with Crippen molar-refractivity contribution in [2.24, 2.45) is 11.3 Å². The molecule has 0 unspecified atom stereocenters. The minimum absolute atomic E-state index is 0.0663. The molecule has 0 radical (unpaired) electrons. The Bertz CT molecular complexity index is 944. The molecule has 33 heavy (non-hydrogen) atoms. The van der Waals surface area contributed by atoms with Gasteiger partial charge in [0.05, 0.1) is 6.20 Å². The molecule has 0 N–H and O–H groups in total. The third-order valence-electron chi connectivity index (χ3n) is 7.91. The first-order valence-electron chi connectivity index (χ1n) is 12.8. The van der Waals surface area contributed by atoms with Crippen LogP contribution in [0.4, 0.5) is 0 Å². The molecule has 1 aliphatic carbocycles. The Morgan fingerprint density at radius 1 is 1.12 bits per heavy atom. The van der Waals surface area contributed by atoms with Crippen molar-refractivity contribution >= 4 is 5.91 Å². The number of para-hydroxylation sites is 1. The van der Waals surface area contributed by atoms with Crippen LogP contribution in [0.5, 0.6) is 5.75 Å². The molecule has 3 heterocycles. The summed E-state index contributed by atoms with van der Waals surface area (Å²) in [7, 11) is 0. The van der Waals surface area contributed by atoms with Gasteiger partial charge in [0.15, 0.2) is 0 Å². The third kappa shape index (κ3) is 5.43. The Kier molecular flexibility index (Phi) is 6.72. The Labute approximate surface area is 197 Å². The molecule has 2 aromatic rings. The lowest BCUT2D eigenvalue weighted by Crippen LogP contribution is -2.49. The molecular weight excluding hydrogens is 414 g/mol. The topological polar surface area (TPSA) is 58.8 Å². The highest BCUT2D eigenvalue weighted by atomic mass is 16.5. The molecule has 3 aliphatic rings. The van der Waals surface area contributed by atoms with Crippen LogP contribution in [-0.4, -0.2) is 60.2 Å². The number of amides is 1. The molecule has 1 aromatic carbocycles. The van der Waals surface area contributed by atoms with Crippen LogP contribution in [0.1, 0.15) is 66.6 Å². The van der Waals surface area contributed by atoms with E-state index in [-0.39, 0.29) is 11.3 Å².